The molecule has 1 N–H and O–H groups in total. The van der Waals surface area contributed by atoms with Gasteiger partial charge < -0.3 is 9.84 Å². The predicted molar refractivity (Wildman–Crippen MR) is 123 cm³/mol. The third kappa shape index (κ3) is 3.84. The number of hydrogen-bond donors (Lipinski definition) is 1. The summed E-state index contributed by atoms with van der Waals surface area (Å²) in [6.45, 7) is 0. The summed E-state index contributed by atoms with van der Waals surface area (Å²) in [6, 6.07) is 20.1. The van der Waals surface area contributed by atoms with Gasteiger partial charge in [-0.2, -0.15) is 0 Å². The van der Waals surface area contributed by atoms with Crippen LogP contribution in [0.25, 0.3) is 5.76 Å². The second-order valence-corrected chi connectivity index (χ2v) is 8.23. The maximum atomic E-state index is 13.1. The van der Waals surface area contributed by atoms with Crippen LogP contribution in [0, 0.1) is 0 Å². The fraction of sp³-hybridized carbons (Fsp3) is 0.0833. The minimum atomic E-state index is -0.795. The molecule has 1 amide bonds. The summed E-state index contributed by atoms with van der Waals surface area (Å²) < 4.78 is 5.92. The van der Waals surface area contributed by atoms with Gasteiger partial charge in [0.1, 0.15) is 11.5 Å². The van der Waals surface area contributed by atoms with Gasteiger partial charge in [0, 0.05) is 15.7 Å². The highest BCUT2D eigenvalue weighted by molar-refractivity contribution is 9.10. The molecule has 0 aromatic heterocycles. The standard InChI is InChI=1S/C24H17BrClNO4/c1-31-19-11-10-15(12-18(19)26)22(28)20-21(14-6-3-2-4-7-14)27(24(30)23(20)29)17-9-5-8-16(25)13-17/h2-13,21,28H,1H3/b22-20+. The molecule has 31 heavy (non-hydrogen) atoms. The maximum absolute atomic E-state index is 13.1. The molecular formula is C24H17BrClNO4. The van der Waals surface area contributed by atoms with E-state index in [1.807, 2.05) is 36.4 Å². The van der Waals surface area contributed by atoms with E-state index in [1.165, 1.54) is 18.1 Å². The van der Waals surface area contributed by atoms with Crippen molar-refractivity contribution in [1.29, 1.82) is 0 Å². The van der Waals surface area contributed by atoms with Crippen LogP contribution in [-0.4, -0.2) is 23.9 Å². The first-order chi connectivity index (χ1) is 14.9. The second-order valence-electron chi connectivity index (χ2n) is 6.91. The number of benzene rings is 3. The van der Waals surface area contributed by atoms with E-state index in [-0.39, 0.29) is 16.4 Å². The zero-order chi connectivity index (χ0) is 22.1. The third-order valence-corrected chi connectivity index (χ3v) is 5.86. The molecule has 1 fully saturated rings. The molecule has 5 nitrogen and oxygen atoms in total. The summed E-state index contributed by atoms with van der Waals surface area (Å²) in [6.07, 6.45) is 0. The van der Waals surface area contributed by atoms with Crippen LogP contribution in [0.1, 0.15) is 17.2 Å². The van der Waals surface area contributed by atoms with Crippen LogP contribution in [-0.2, 0) is 9.59 Å². The van der Waals surface area contributed by atoms with Gasteiger partial charge in [-0.1, -0.05) is 63.9 Å². The smallest absolute Gasteiger partial charge is 0.300 e. The summed E-state index contributed by atoms with van der Waals surface area (Å²) >= 11 is 9.63. The van der Waals surface area contributed by atoms with Gasteiger partial charge in [-0.15, -0.1) is 0 Å². The first-order valence-electron chi connectivity index (χ1n) is 9.38. The lowest BCUT2D eigenvalue weighted by molar-refractivity contribution is -0.132. The average molecular weight is 499 g/mol. The molecule has 1 heterocycles. The van der Waals surface area contributed by atoms with Crippen molar-refractivity contribution in [2.75, 3.05) is 12.0 Å². The van der Waals surface area contributed by atoms with Crippen LogP contribution in [0.4, 0.5) is 5.69 Å². The largest absolute Gasteiger partial charge is 0.507 e. The van der Waals surface area contributed by atoms with Crippen molar-refractivity contribution in [3.8, 4) is 5.75 Å². The van der Waals surface area contributed by atoms with E-state index in [2.05, 4.69) is 15.9 Å². The van der Waals surface area contributed by atoms with Gasteiger partial charge in [-0.05, 0) is 42.0 Å². The fourth-order valence-corrected chi connectivity index (χ4v) is 4.29. The topological polar surface area (TPSA) is 66.8 Å². The molecule has 0 spiro atoms. The molecule has 4 rings (SSSR count). The molecule has 1 atom stereocenters. The number of carbonyl (C=O) groups is 2. The summed E-state index contributed by atoms with van der Waals surface area (Å²) in [5, 5.41) is 11.4. The number of aliphatic hydroxyl groups excluding tert-OH is 1. The Kier molecular flexibility index (Phi) is 5.85. The molecule has 1 aliphatic heterocycles. The Morgan fingerprint density at radius 1 is 1.03 bits per heavy atom. The van der Waals surface area contributed by atoms with Crippen molar-refractivity contribution in [3.63, 3.8) is 0 Å². The number of halogens is 2. The lowest BCUT2D eigenvalue weighted by Crippen LogP contribution is -2.29. The highest BCUT2D eigenvalue weighted by Gasteiger charge is 2.47. The number of rotatable bonds is 4. The van der Waals surface area contributed by atoms with E-state index in [4.69, 9.17) is 16.3 Å². The summed E-state index contributed by atoms with van der Waals surface area (Å²) in [5.74, 6) is -1.34. The van der Waals surface area contributed by atoms with Gasteiger partial charge in [0.25, 0.3) is 11.7 Å². The van der Waals surface area contributed by atoms with Crippen molar-refractivity contribution in [2.45, 2.75) is 6.04 Å². The molecule has 156 valence electrons. The quantitative estimate of drug-likeness (QED) is 0.283. The van der Waals surface area contributed by atoms with E-state index < -0.39 is 17.7 Å². The Balaban J connectivity index is 1.93. The number of nitrogens with zero attached hydrogens (tertiary/aromatic N) is 1. The van der Waals surface area contributed by atoms with E-state index in [0.29, 0.717) is 22.6 Å². The van der Waals surface area contributed by atoms with Gasteiger partial charge in [0.15, 0.2) is 0 Å². The number of hydrogen-bond acceptors (Lipinski definition) is 4. The minimum absolute atomic E-state index is 0.00240. The second kappa shape index (κ2) is 8.57. The average Bonchev–Trinajstić information content (AvgIpc) is 3.04. The van der Waals surface area contributed by atoms with Gasteiger partial charge in [0.05, 0.1) is 23.7 Å². The first-order valence-corrected chi connectivity index (χ1v) is 10.5. The predicted octanol–water partition coefficient (Wildman–Crippen LogP) is 5.74. The normalized spacial score (nSPS) is 17.8. The molecule has 1 unspecified atom stereocenters. The van der Waals surface area contributed by atoms with Gasteiger partial charge in [-0.25, -0.2) is 0 Å². The number of amides is 1. The van der Waals surface area contributed by atoms with Crippen LogP contribution in [0.5, 0.6) is 5.75 Å². The van der Waals surface area contributed by atoms with Crippen LogP contribution in [0.3, 0.4) is 0 Å². The monoisotopic (exact) mass is 497 g/mol. The Labute approximate surface area is 192 Å². The Hall–Kier alpha value is -3.09. The molecule has 1 saturated heterocycles. The van der Waals surface area contributed by atoms with Crippen molar-refractivity contribution in [1.82, 2.24) is 0 Å². The molecule has 0 saturated carbocycles. The SMILES string of the molecule is COc1ccc(/C(O)=C2\C(=O)C(=O)N(c3cccc(Br)c3)C2c2ccccc2)cc1Cl. The van der Waals surface area contributed by atoms with Gasteiger partial charge >= 0.3 is 0 Å². The Morgan fingerprint density at radius 3 is 2.42 bits per heavy atom. The number of aliphatic hydroxyl groups is 1. The molecular weight excluding hydrogens is 482 g/mol. The summed E-state index contributed by atoms with van der Waals surface area (Å²) in [7, 11) is 1.49. The number of methoxy groups -OCH3 is 1. The molecule has 3 aromatic rings. The fourth-order valence-electron chi connectivity index (χ4n) is 3.64. The number of ketones is 1. The zero-order valence-corrected chi connectivity index (χ0v) is 18.7. The zero-order valence-electron chi connectivity index (χ0n) is 16.4. The van der Waals surface area contributed by atoms with Crippen LogP contribution in [0.2, 0.25) is 5.02 Å². The van der Waals surface area contributed by atoms with E-state index in [1.54, 1.807) is 30.3 Å². The molecule has 7 heteroatoms. The molecule has 3 aromatic carbocycles. The summed E-state index contributed by atoms with van der Waals surface area (Å²) in [4.78, 5) is 27.6. The minimum Gasteiger partial charge on any atom is -0.507 e. The first kappa shape index (κ1) is 21.2. The van der Waals surface area contributed by atoms with E-state index in [0.717, 1.165) is 4.47 Å². The highest BCUT2D eigenvalue weighted by atomic mass is 79.9. The van der Waals surface area contributed by atoms with Crippen molar-refractivity contribution < 1.29 is 19.4 Å². The Morgan fingerprint density at radius 2 is 1.77 bits per heavy atom. The van der Waals surface area contributed by atoms with Crippen molar-refractivity contribution in [2.24, 2.45) is 0 Å². The molecule has 0 bridgehead atoms. The van der Waals surface area contributed by atoms with Gasteiger partial charge in [-0.3, -0.25) is 14.5 Å². The third-order valence-electron chi connectivity index (χ3n) is 5.07. The lowest BCUT2D eigenvalue weighted by atomic mass is 9.95. The number of ether oxygens (including phenoxy) is 1. The molecule has 0 aliphatic carbocycles. The molecule has 0 radical (unpaired) electrons. The van der Waals surface area contributed by atoms with Crippen LogP contribution in [0.15, 0.2) is 82.8 Å². The lowest BCUT2D eigenvalue weighted by Gasteiger charge is -2.25. The van der Waals surface area contributed by atoms with Crippen molar-refractivity contribution >= 4 is 50.7 Å². The molecule has 1 aliphatic rings. The number of Topliss-reactive ketones (excluding diaryl/α,β-unsaturated/α-hetero) is 1. The van der Waals surface area contributed by atoms with E-state index >= 15 is 0 Å². The Bertz CT molecular complexity index is 1210. The van der Waals surface area contributed by atoms with Crippen molar-refractivity contribution in [3.05, 3.63) is 99.0 Å². The van der Waals surface area contributed by atoms with E-state index in [9.17, 15) is 14.7 Å². The summed E-state index contributed by atoms with van der Waals surface area (Å²) in [5.41, 5.74) is 1.55. The van der Waals surface area contributed by atoms with Crippen LogP contribution >= 0.6 is 27.5 Å². The highest BCUT2D eigenvalue weighted by Crippen LogP contribution is 2.43. The number of carbonyl (C=O) groups excluding carboxylic acids is 2. The maximum Gasteiger partial charge on any atom is 0.300 e. The number of anilines is 1. The van der Waals surface area contributed by atoms with Gasteiger partial charge in [0.2, 0.25) is 0 Å². The van der Waals surface area contributed by atoms with Crippen LogP contribution < -0.4 is 9.64 Å².